The van der Waals surface area contributed by atoms with E-state index in [9.17, 15) is 0 Å². The largest absolute Gasteiger partial charge is 0.274 e. The quantitative estimate of drug-likeness (QED) is 0.740. The van der Waals surface area contributed by atoms with Gasteiger partial charge in [0.05, 0.1) is 23.9 Å². The third-order valence-corrected chi connectivity index (χ3v) is 3.39. The molecule has 0 saturated carbocycles. The van der Waals surface area contributed by atoms with Gasteiger partial charge in [-0.05, 0) is 36.8 Å². The molecule has 0 aliphatic rings. The fraction of sp³-hybridized carbons (Fsp3) is 0.118. The summed E-state index contributed by atoms with van der Waals surface area (Å²) in [6, 6.07) is 18.0. The third kappa shape index (κ3) is 2.96. The van der Waals surface area contributed by atoms with Gasteiger partial charge >= 0.3 is 0 Å². The first-order chi connectivity index (χ1) is 10.8. The summed E-state index contributed by atoms with van der Waals surface area (Å²) >= 11 is 0. The molecule has 0 aliphatic heterocycles. The van der Waals surface area contributed by atoms with Crippen LogP contribution in [0.1, 0.15) is 16.7 Å². The second-order valence-electron chi connectivity index (χ2n) is 5.05. The molecule has 3 aromatic rings. The van der Waals surface area contributed by atoms with E-state index in [1.165, 1.54) is 11.1 Å². The van der Waals surface area contributed by atoms with Crippen molar-refractivity contribution >= 4 is 5.69 Å². The van der Waals surface area contributed by atoms with Gasteiger partial charge in [0.2, 0.25) is 0 Å². The topological polar surface area (TPSA) is 57.7 Å². The second kappa shape index (κ2) is 6.10. The van der Waals surface area contributed by atoms with Crippen molar-refractivity contribution in [1.82, 2.24) is 14.9 Å². The van der Waals surface area contributed by atoms with Gasteiger partial charge in [0, 0.05) is 0 Å². The Kier molecular flexibility index (Phi) is 3.84. The van der Waals surface area contributed by atoms with E-state index < -0.39 is 0 Å². The molecule has 0 fully saturated rings. The fourth-order valence-electron chi connectivity index (χ4n) is 2.32. The van der Waals surface area contributed by atoms with Gasteiger partial charge in [0.25, 0.3) is 0 Å². The lowest BCUT2D eigenvalue weighted by molar-refractivity contribution is 0.685. The number of rotatable bonds is 4. The molecule has 22 heavy (non-hydrogen) atoms. The molecule has 5 heteroatoms. The highest BCUT2D eigenvalue weighted by Gasteiger charge is 2.10. The maximum Gasteiger partial charge on any atom is 0.139 e. The van der Waals surface area contributed by atoms with E-state index in [1.807, 2.05) is 35.0 Å². The zero-order chi connectivity index (χ0) is 15.4. The van der Waals surface area contributed by atoms with Crippen molar-refractivity contribution in [3.8, 4) is 6.07 Å². The molecule has 3 rings (SSSR count). The fourth-order valence-corrected chi connectivity index (χ4v) is 2.32. The average molecular weight is 288 g/mol. The van der Waals surface area contributed by atoms with Crippen molar-refractivity contribution in [2.24, 2.45) is 0 Å². The second-order valence-corrected chi connectivity index (χ2v) is 5.05. The van der Waals surface area contributed by atoms with Crippen LogP contribution in [-0.2, 0) is 6.54 Å². The molecular weight excluding hydrogens is 273 g/mol. The Morgan fingerprint density at radius 3 is 2.45 bits per heavy atom. The Morgan fingerprint density at radius 2 is 1.82 bits per heavy atom. The molecule has 0 atom stereocenters. The van der Waals surface area contributed by atoms with Crippen molar-refractivity contribution in [2.45, 2.75) is 13.5 Å². The summed E-state index contributed by atoms with van der Waals surface area (Å²) < 4.78 is 1.84. The van der Waals surface area contributed by atoms with Gasteiger partial charge in [-0.3, -0.25) is 5.01 Å². The number of hydrogen-bond acceptors (Lipinski definition) is 4. The first-order valence-electron chi connectivity index (χ1n) is 6.94. The van der Waals surface area contributed by atoms with Crippen molar-refractivity contribution in [3.05, 3.63) is 77.9 Å². The van der Waals surface area contributed by atoms with Gasteiger partial charge in [0.1, 0.15) is 12.7 Å². The molecule has 1 aromatic heterocycles. The highest BCUT2D eigenvalue weighted by molar-refractivity contribution is 5.49. The highest BCUT2D eigenvalue weighted by Crippen LogP contribution is 2.19. The van der Waals surface area contributed by atoms with Crippen LogP contribution in [0.2, 0.25) is 0 Å². The molecule has 1 heterocycles. The normalized spacial score (nSPS) is 10.2. The maximum atomic E-state index is 8.93. The molecule has 5 nitrogen and oxygen atoms in total. The van der Waals surface area contributed by atoms with Gasteiger partial charge in [-0.15, -0.1) is 10.2 Å². The molecule has 108 valence electrons. The molecule has 0 aliphatic carbocycles. The van der Waals surface area contributed by atoms with E-state index in [1.54, 1.807) is 12.7 Å². The molecular formula is C17H15N5. The first kappa shape index (κ1) is 13.8. The lowest BCUT2D eigenvalue weighted by Gasteiger charge is -2.25. The Hall–Kier alpha value is -3.13. The van der Waals surface area contributed by atoms with E-state index in [0.29, 0.717) is 12.1 Å². The SMILES string of the molecule is [11CH3]c1cccc(CN(c2ccc(C#N)cc2)n2cnnc2)c1. The van der Waals surface area contributed by atoms with Crippen LogP contribution < -0.4 is 5.01 Å². The molecule has 0 bridgehead atoms. The summed E-state index contributed by atoms with van der Waals surface area (Å²) in [6.45, 7) is 2.76. The zero-order valence-electron chi connectivity index (χ0n) is 12.2. The van der Waals surface area contributed by atoms with E-state index in [4.69, 9.17) is 5.26 Å². The third-order valence-electron chi connectivity index (χ3n) is 3.39. The molecule has 0 amide bonds. The summed E-state index contributed by atoms with van der Waals surface area (Å²) in [5.41, 5.74) is 4.03. The van der Waals surface area contributed by atoms with Crippen LogP contribution in [-0.4, -0.2) is 14.9 Å². The van der Waals surface area contributed by atoms with Gasteiger partial charge < -0.3 is 0 Å². The smallest absolute Gasteiger partial charge is 0.139 e. The number of anilines is 1. The number of nitriles is 1. The minimum absolute atomic E-state index is 0.642. The Morgan fingerprint density at radius 1 is 1.09 bits per heavy atom. The van der Waals surface area contributed by atoms with E-state index >= 15 is 0 Å². The molecule has 0 unspecified atom stereocenters. The standard InChI is InChI=1S/C17H15N5/c1-14-3-2-4-16(9-14)11-22(21-12-19-20-13-21)17-7-5-15(10-18)6-8-17/h2-9,12-13H,11H2,1H3/i1-1. The number of benzene rings is 2. The zero-order valence-corrected chi connectivity index (χ0v) is 12.2. The molecule has 0 radical (unpaired) electrons. The van der Waals surface area contributed by atoms with Gasteiger partial charge in [-0.1, -0.05) is 29.8 Å². The summed E-state index contributed by atoms with van der Waals surface area (Å²) in [5.74, 6) is 0. The van der Waals surface area contributed by atoms with Gasteiger partial charge in [-0.2, -0.15) is 5.26 Å². The Labute approximate surface area is 129 Å². The van der Waals surface area contributed by atoms with Crippen molar-refractivity contribution < 1.29 is 0 Å². The summed E-state index contributed by atoms with van der Waals surface area (Å²) in [7, 11) is 0. The highest BCUT2D eigenvalue weighted by atomic mass is 15.6. The summed E-state index contributed by atoms with van der Waals surface area (Å²) in [6.07, 6.45) is 3.32. The van der Waals surface area contributed by atoms with Crippen molar-refractivity contribution in [3.63, 3.8) is 0 Å². The van der Waals surface area contributed by atoms with E-state index in [0.717, 1.165) is 5.69 Å². The predicted octanol–water partition coefficient (Wildman–Crippen LogP) is 2.93. The summed E-state index contributed by atoms with van der Waals surface area (Å²) in [5, 5.41) is 18.7. The van der Waals surface area contributed by atoms with Crippen LogP contribution in [0.15, 0.2) is 61.2 Å². The number of nitrogens with zero attached hydrogens (tertiary/aromatic N) is 5. The van der Waals surface area contributed by atoms with Gasteiger partial charge in [-0.25, -0.2) is 4.68 Å². The van der Waals surface area contributed by atoms with E-state index in [-0.39, 0.29) is 0 Å². The van der Waals surface area contributed by atoms with Crippen LogP contribution in [0, 0.1) is 18.3 Å². The lowest BCUT2D eigenvalue weighted by atomic mass is 10.0. The molecule has 0 spiro atoms. The van der Waals surface area contributed by atoms with Crippen LogP contribution in [0.3, 0.4) is 0 Å². The van der Waals surface area contributed by atoms with Crippen LogP contribution in [0.5, 0.6) is 0 Å². The number of aromatic nitrogens is 3. The predicted molar refractivity (Wildman–Crippen MR) is 83.9 cm³/mol. The Bertz CT molecular complexity index is 785. The average Bonchev–Trinajstić information content (AvgIpc) is 3.07. The van der Waals surface area contributed by atoms with Crippen LogP contribution >= 0.6 is 0 Å². The van der Waals surface area contributed by atoms with Crippen LogP contribution in [0.25, 0.3) is 0 Å². The summed E-state index contributed by atoms with van der Waals surface area (Å²) in [4.78, 5) is 0. The monoisotopic (exact) mass is 288 g/mol. The molecule has 2 aromatic carbocycles. The molecule has 0 saturated heterocycles. The lowest BCUT2D eigenvalue weighted by Crippen LogP contribution is -2.27. The minimum Gasteiger partial charge on any atom is -0.274 e. The number of aryl methyl sites for hydroxylation is 1. The van der Waals surface area contributed by atoms with Gasteiger partial charge in [0.15, 0.2) is 0 Å². The number of hydrogen-bond donors (Lipinski definition) is 0. The Balaban J connectivity index is 1.95. The van der Waals surface area contributed by atoms with E-state index in [2.05, 4.69) is 46.4 Å². The first-order valence-corrected chi connectivity index (χ1v) is 6.94. The van der Waals surface area contributed by atoms with Crippen molar-refractivity contribution in [2.75, 3.05) is 5.01 Å². The maximum absolute atomic E-state index is 8.93. The minimum atomic E-state index is 0.642. The van der Waals surface area contributed by atoms with Crippen LogP contribution in [0.4, 0.5) is 5.69 Å². The van der Waals surface area contributed by atoms with Crippen molar-refractivity contribution in [1.29, 1.82) is 5.26 Å². The molecule has 0 N–H and O–H groups in total.